The number of amides is 2. The minimum atomic E-state index is -2.90. The van der Waals surface area contributed by atoms with E-state index in [0.717, 1.165) is 4.90 Å². The molecule has 1 aliphatic heterocycles. The van der Waals surface area contributed by atoms with Gasteiger partial charge in [0.25, 0.3) is 0 Å². The van der Waals surface area contributed by atoms with E-state index in [4.69, 9.17) is 0 Å². The Labute approximate surface area is 121 Å². The van der Waals surface area contributed by atoms with Gasteiger partial charge in [0.05, 0.1) is 11.6 Å². The summed E-state index contributed by atoms with van der Waals surface area (Å²) < 4.78 is 28.8. The molecule has 1 unspecified atom stereocenters. The number of alkyl halides is 3. The summed E-state index contributed by atoms with van der Waals surface area (Å²) in [5.41, 5.74) is 0.379. The van der Waals surface area contributed by atoms with Crippen molar-refractivity contribution >= 4 is 40.1 Å². The molecule has 1 aromatic rings. The highest BCUT2D eigenvalue weighted by molar-refractivity contribution is 14.1. The van der Waals surface area contributed by atoms with Gasteiger partial charge < -0.3 is 4.74 Å². The smallest absolute Gasteiger partial charge is 0.387 e. The van der Waals surface area contributed by atoms with Crippen molar-refractivity contribution in [2.24, 2.45) is 5.92 Å². The fourth-order valence-corrected chi connectivity index (χ4v) is 2.55. The molecule has 0 bridgehead atoms. The number of halogens is 3. The molecule has 1 saturated heterocycles. The molecule has 0 radical (unpaired) electrons. The standard InChI is InChI=1S/C12H10F2INO3/c13-12(14)19-9-3-1-8(2-4-9)16-10(17)5-7(6-15)11(16)18/h1-4,7,12H,5-6H2. The van der Waals surface area contributed by atoms with Crippen LogP contribution in [0.1, 0.15) is 6.42 Å². The molecule has 0 saturated carbocycles. The van der Waals surface area contributed by atoms with E-state index in [1.165, 1.54) is 24.3 Å². The van der Waals surface area contributed by atoms with Crippen molar-refractivity contribution in [2.45, 2.75) is 13.0 Å². The van der Waals surface area contributed by atoms with Crippen LogP contribution in [0.5, 0.6) is 5.75 Å². The van der Waals surface area contributed by atoms with E-state index in [9.17, 15) is 18.4 Å². The molecule has 1 aromatic carbocycles. The van der Waals surface area contributed by atoms with Crippen LogP contribution in [0.25, 0.3) is 0 Å². The van der Waals surface area contributed by atoms with Crippen LogP contribution in [0.15, 0.2) is 24.3 Å². The van der Waals surface area contributed by atoms with Crippen molar-refractivity contribution in [2.75, 3.05) is 9.33 Å². The van der Waals surface area contributed by atoms with E-state index >= 15 is 0 Å². The topological polar surface area (TPSA) is 46.6 Å². The predicted molar refractivity (Wildman–Crippen MR) is 72.6 cm³/mol. The Balaban J connectivity index is 2.18. The van der Waals surface area contributed by atoms with Gasteiger partial charge in [-0.3, -0.25) is 14.5 Å². The third kappa shape index (κ3) is 3.02. The van der Waals surface area contributed by atoms with Gasteiger partial charge in [0.1, 0.15) is 5.75 Å². The normalized spacial score (nSPS) is 19.4. The van der Waals surface area contributed by atoms with E-state index in [-0.39, 0.29) is 29.9 Å². The van der Waals surface area contributed by atoms with Crippen LogP contribution in [0, 0.1) is 5.92 Å². The SMILES string of the molecule is O=C1CC(CI)C(=O)N1c1ccc(OC(F)F)cc1. The number of anilines is 1. The molecule has 2 rings (SSSR count). The molecule has 0 aliphatic carbocycles. The third-order valence-corrected chi connectivity index (χ3v) is 3.81. The molecule has 7 heteroatoms. The lowest BCUT2D eigenvalue weighted by molar-refractivity contribution is -0.122. The van der Waals surface area contributed by atoms with Crippen molar-refractivity contribution in [1.82, 2.24) is 0 Å². The highest BCUT2D eigenvalue weighted by Crippen LogP contribution is 2.29. The van der Waals surface area contributed by atoms with Gasteiger partial charge in [-0.05, 0) is 24.3 Å². The van der Waals surface area contributed by atoms with Crippen molar-refractivity contribution in [3.63, 3.8) is 0 Å². The Hall–Kier alpha value is -1.25. The monoisotopic (exact) mass is 381 g/mol. The van der Waals surface area contributed by atoms with Crippen LogP contribution in [0.2, 0.25) is 0 Å². The molecule has 1 heterocycles. The highest BCUT2D eigenvalue weighted by Gasteiger charge is 2.38. The molecule has 1 atom stereocenters. The molecule has 1 aliphatic rings. The third-order valence-electron chi connectivity index (χ3n) is 2.75. The number of ether oxygens (including phenoxy) is 1. The summed E-state index contributed by atoms with van der Waals surface area (Å²) in [5.74, 6) is -0.829. The lowest BCUT2D eigenvalue weighted by Gasteiger charge is -2.15. The molecule has 0 aromatic heterocycles. The number of hydrogen-bond acceptors (Lipinski definition) is 3. The zero-order valence-corrected chi connectivity index (χ0v) is 11.8. The average Bonchev–Trinajstić information content (AvgIpc) is 2.65. The van der Waals surface area contributed by atoms with E-state index in [1.54, 1.807) is 0 Å². The number of rotatable bonds is 4. The van der Waals surface area contributed by atoms with Crippen LogP contribution >= 0.6 is 22.6 Å². The molecule has 0 spiro atoms. The van der Waals surface area contributed by atoms with Crippen molar-refractivity contribution in [3.05, 3.63) is 24.3 Å². The Kier molecular flexibility index (Phi) is 4.33. The maximum atomic E-state index is 12.0. The number of carbonyl (C=O) groups is 2. The lowest BCUT2D eigenvalue weighted by atomic mass is 10.1. The van der Waals surface area contributed by atoms with E-state index in [2.05, 4.69) is 27.3 Å². The first-order valence-corrected chi connectivity index (χ1v) is 7.03. The van der Waals surface area contributed by atoms with Crippen molar-refractivity contribution in [1.29, 1.82) is 0 Å². The Morgan fingerprint density at radius 1 is 1.32 bits per heavy atom. The second-order valence-electron chi connectivity index (χ2n) is 4.00. The molecular formula is C12H10F2INO3. The summed E-state index contributed by atoms with van der Waals surface area (Å²) in [7, 11) is 0. The highest BCUT2D eigenvalue weighted by atomic mass is 127. The first-order chi connectivity index (χ1) is 9.02. The molecule has 102 valence electrons. The van der Waals surface area contributed by atoms with E-state index in [0.29, 0.717) is 10.1 Å². The second-order valence-corrected chi connectivity index (χ2v) is 4.88. The van der Waals surface area contributed by atoms with E-state index < -0.39 is 6.61 Å². The summed E-state index contributed by atoms with van der Waals surface area (Å²) in [5, 5.41) is 0. The molecule has 0 N–H and O–H groups in total. The minimum Gasteiger partial charge on any atom is -0.435 e. The predicted octanol–water partition coefficient (Wildman–Crippen LogP) is 2.60. The molecule has 4 nitrogen and oxygen atoms in total. The van der Waals surface area contributed by atoms with Gasteiger partial charge in [-0.1, -0.05) is 22.6 Å². The van der Waals surface area contributed by atoms with Gasteiger partial charge >= 0.3 is 6.61 Å². The van der Waals surface area contributed by atoms with E-state index in [1.807, 2.05) is 0 Å². The van der Waals surface area contributed by atoms with Gasteiger partial charge in [-0.25, -0.2) is 0 Å². The van der Waals surface area contributed by atoms with Crippen LogP contribution in [0.3, 0.4) is 0 Å². The minimum absolute atomic E-state index is 0.0108. The zero-order chi connectivity index (χ0) is 14.0. The Morgan fingerprint density at radius 2 is 1.95 bits per heavy atom. The maximum absolute atomic E-state index is 12.0. The Morgan fingerprint density at radius 3 is 2.42 bits per heavy atom. The number of hydrogen-bond donors (Lipinski definition) is 0. The maximum Gasteiger partial charge on any atom is 0.387 e. The summed E-state index contributed by atoms with van der Waals surface area (Å²) in [6.45, 7) is -2.90. The fourth-order valence-electron chi connectivity index (χ4n) is 1.86. The zero-order valence-electron chi connectivity index (χ0n) is 9.68. The van der Waals surface area contributed by atoms with Crippen molar-refractivity contribution in [3.8, 4) is 5.75 Å². The average molecular weight is 381 g/mol. The number of carbonyl (C=O) groups excluding carboxylic acids is 2. The summed E-state index contributed by atoms with van der Waals surface area (Å²) >= 11 is 2.06. The number of nitrogens with zero attached hydrogens (tertiary/aromatic N) is 1. The first kappa shape index (κ1) is 14.2. The number of benzene rings is 1. The summed E-state index contributed by atoms with van der Waals surface area (Å²) in [4.78, 5) is 24.8. The van der Waals surface area contributed by atoms with Crippen LogP contribution in [0.4, 0.5) is 14.5 Å². The lowest BCUT2D eigenvalue weighted by Crippen LogP contribution is -2.30. The van der Waals surface area contributed by atoms with Gasteiger partial charge in [0, 0.05) is 10.8 Å². The molecule has 2 amide bonds. The van der Waals surface area contributed by atoms with Crippen molar-refractivity contribution < 1.29 is 23.1 Å². The Bertz CT molecular complexity index is 492. The first-order valence-electron chi connectivity index (χ1n) is 5.50. The van der Waals surface area contributed by atoms with Gasteiger partial charge in [-0.15, -0.1) is 0 Å². The number of imide groups is 1. The van der Waals surface area contributed by atoms with Crippen LogP contribution in [-0.2, 0) is 9.59 Å². The largest absolute Gasteiger partial charge is 0.435 e. The molecule has 1 fully saturated rings. The summed E-state index contributed by atoms with van der Waals surface area (Å²) in [6, 6.07) is 5.45. The quantitative estimate of drug-likeness (QED) is 0.458. The molecule has 19 heavy (non-hydrogen) atoms. The van der Waals surface area contributed by atoms with Gasteiger partial charge in [0.2, 0.25) is 11.8 Å². The summed E-state index contributed by atoms with van der Waals surface area (Å²) in [6.07, 6.45) is 0.192. The molecular weight excluding hydrogens is 371 g/mol. The fraction of sp³-hybridized carbons (Fsp3) is 0.333. The van der Waals surface area contributed by atoms with Crippen LogP contribution < -0.4 is 9.64 Å². The second kappa shape index (κ2) is 5.81. The van der Waals surface area contributed by atoms with Gasteiger partial charge in [-0.2, -0.15) is 8.78 Å². The van der Waals surface area contributed by atoms with Crippen LogP contribution in [-0.4, -0.2) is 22.9 Å². The van der Waals surface area contributed by atoms with Gasteiger partial charge in [0.15, 0.2) is 0 Å².